The molecule has 5 rings (SSSR count). The molecule has 2 N–H and O–H groups in total. The third-order valence-corrected chi connectivity index (χ3v) is 5.91. The van der Waals surface area contributed by atoms with Crippen LogP contribution in [0.4, 0.5) is 11.4 Å². The Kier molecular flexibility index (Phi) is 3.16. The van der Waals surface area contributed by atoms with E-state index in [1.54, 1.807) is 0 Å². The minimum Gasteiger partial charge on any atom is -0.504 e. The van der Waals surface area contributed by atoms with Crippen LogP contribution in [0.25, 0.3) is 16.7 Å². The van der Waals surface area contributed by atoms with E-state index in [4.69, 9.17) is 4.99 Å². The molecule has 4 nitrogen and oxygen atoms in total. The topological polar surface area (TPSA) is 57.0 Å². The first-order valence-electron chi connectivity index (χ1n) is 7.88. The van der Waals surface area contributed by atoms with Crippen molar-refractivity contribution in [2.45, 2.75) is 12.8 Å². The summed E-state index contributed by atoms with van der Waals surface area (Å²) in [6.45, 7) is 1.52. The molecule has 0 saturated heterocycles. The third kappa shape index (κ3) is 1.90. The number of halogens is 2. The van der Waals surface area contributed by atoms with Gasteiger partial charge in [-0.05, 0) is 36.1 Å². The summed E-state index contributed by atoms with van der Waals surface area (Å²) in [5, 5.41) is 16.2. The average molecular weight is 447 g/mol. The summed E-state index contributed by atoms with van der Waals surface area (Å²) in [4.78, 5) is 9.27. The molecular weight excluding hydrogens is 434 g/mol. The molecule has 0 aliphatic carbocycles. The van der Waals surface area contributed by atoms with Gasteiger partial charge in [0.1, 0.15) is 5.69 Å². The second kappa shape index (κ2) is 5.17. The van der Waals surface area contributed by atoms with Crippen molar-refractivity contribution in [1.29, 1.82) is 0 Å². The molecule has 0 aromatic heterocycles. The Labute approximate surface area is 155 Å². The van der Waals surface area contributed by atoms with E-state index in [0.29, 0.717) is 5.69 Å². The molecule has 6 heteroatoms. The fourth-order valence-corrected chi connectivity index (χ4v) is 5.34. The van der Waals surface area contributed by atoms with Crippen molar-refractivity contribution in [3.8, 4) is 16.9 Å². The van der Waals surface area contributed by atoms with Crippen LogP contribution in [0.2, 0.25) is 0 Å². The van der Waals surface area contributed by atoms with Gasteiger partial charge in [-0.1, -0.05) is 31.9 Å². The van der Waals surface area contributed by atoms with Crippen molar-refractivity contribution in [3.63, 3.8) is 0 Å². The fourth-order valence-electron chi connectivity index (χ4n) is 3.83. The van der Waals surface area contributed by atoms with E-state index in [-0.39, 0.29) is 5.75 Å². The van der Waals surface area contributed by atoms with Crippen molar-refractivity contribution in [3.05, 3.63) is 37.2 Å². The number of anilines is 1. The van der Waals surface area contributed by atoms with Gasteiger partial charge in [-0.3, -0.25) is 9.98 Å². The van der Waals surface area contributed by atoms with Gasteiger partial charge in [-0.25, -0.2) is 0 Å². The quantitative estimate of drug-likeness (QED) is 0.609. The first-order valence-corrected chi connectivity index (χ1v) is 9.46. The molecule has 3 aliphatic heterocycles. The lowest BCUT2D eigenvalue weighted by molar-refractivity contribution is 0.478. The number of nitrogens with one attached hydrogen (secondary N) is 1. The van der Waals surface area contributed by atoms with Gasteiger partial charge >= 0.3 is 0 Å². The molecule has 0 unspecified atom stereocenters. The third-order valence-electron chi connectivity index (χ3n) is 4.83. The number of rotatable bonds is 0. The van der Waals surface area contributed by atoms with Gasteiger partial charge in [-0.15, -0.1) is 0 Å². The van der Waals surface area contributed by atoms with Crippen LogP contribution in [0.1, 0.15) is 12.0 Å². The average Bonchev–Trinajstić information content (AvgIpc) is 2.88. The molecule has 0 bridgehead atoms. The Balaban J connectivity index is 2.01. The summed E-state index contributed by atoms with van der Waals surface area (Å²) < 4.78 is 2.05. The lowest BCUT2D eigenvalue weighted by Gasteiger charge is -2.17. The number of fused-ring (bicyclic) bond motifs is 4. The van der Waals surface area contributed by atoms with Crippen LogP contribution in [-0.2, 0) is 6.42 Å². The van der Waals surface area contributed by atoms with E-state index < -0.39 is 0 Å². The zero-order valence-corrected chi connectivity index (χ0v) is 15.8. The maximum absolute atomic E-state index is 10.9. The Morgan fingerprint density at radius 1 is 1.12 bits per heavy atom. The molecule has 120 valence electrons. The van der Waals surface area contributed by atoms with Gasteiger partial charge in [0.05, 0.1) is 11.0 Å². The number of phenolic OH excluding ortho intramolecular Hbond substituents is 1. The molecule has 3 aliphatic rings. The smallest absolute Gasteiger partial charge is 0.166 e. The number of aliphatic imine (C=N–C) groups is 1. The summed E-state index contributed by atoms with van der Waals surface area (Å²) in [7, 11) is 0. The van der Waals surface area contributed by atoms with Crippen molar-refractivity contribution in [1.82, 2.24) is 0 Å². The zero-order chi connectivity index (χ0) is 16.4. The summed E-state index contributed by atoms with van der Waals surface area (Å²) in [5.74, 6) is 0.231. The van der Waals surface area contributed by atoms with Gasteiger partial charge in [-0.2, -0.15) is 0 Å². The predicted octanol–water partition coefficient (Wildman–Crippen LogP) is 3.44. The molecular formula is C18H13Br2N3O. The Morgan fingerprint density at radius 2 is 2.00 bits per heavy atom. The second-order valence-electron chi connectivity index (χ2n) is 6.18. The largest absolute Gasteiger partial charge is 0.504 e. The van der Waals surface area contributed by atoms with E-state index in [1.807, 2.05) is 6.21 Å². The minimum absolute atomic E-state index is 0.231. The highest BCUT2D eigenvalue weighted by molar-refractivity contribution is 9.11. The first-order chi connectivity index (χ1) is 11.6. The number of benzene rings is 2. The van der Waals surface area contributed by atoms with Crippen molar-refractivity contribution >= 4 is 55.0 Å². The van der Waals surface area contributed by atoms with Crippen LogP contribution in [0, 0.1) is 0 Å². The van der Waals surface area contributed by atoms with E-state index in [0.717, 1.165) is 62.3 Å². The van der Waals surface area contributed by atoms with E-state index in [2.05, 4.69) is 54.3 Å². The molecule has 0 spiro atoms. The number of hydrogen-bond donors (Lipinski definition) is 2. The highest BCUT2D eigenvalue weighted by Gasteiger charge is 2.28. The van der Waals surface area contributed by atoms with Gasteiger partial charge in [0.25, 0.3) is 0 Å². The number of nitrogens with zero attached hydrogens (tertiary/aromatic N) is 2. The molecule has 0 atom stereocenters. The van der Waals surface area contributed by atoms with Crippen LogP contribution < -0.4 is 15.9 Å². The number of phenols is 1. The standard InChI is InChI=1S/C18H13Br2N3O/c19-10-5-8-1-3-22-17-14(12(8)11(20)6-10)15-13-9(2-4-21-15)7-23-16(13)18(17)24/h5-7,22,24H,1-4H2. The maximum Gasteiger partial charge on any atom is 0.166 e. The summed E-state index contributed by atoms with van der Waals surface area (Å²) >= 11 is 7.30. The number of aromatic hydroxyl groups is 1. The van der Waals surface area contributed by atoms with Crippen molar-refractivity contribution < 1.29 is 5.11 Å². The van der Waals surface area contributed by atoms with E-state index in [1.165, 1.54) is 11.1 Å². The zero-order valence-electron chi connectivity index (χ0n) is 12.7. The molecule has 0 fully saturated rings. The van der Waals surface area contributed by atoms with Gasteiger partial charge in [0.15, 0.2) is 5.75 Å². The van der Waals surface area contributed by atoms with Crippen LogP contribution in [0.3, 0.4) is 0 Å². The highest BCUT2D eigenvalue weighted by atomic mass is 79.9. The molecule has 0 saturated carbocycles. The van der Waals surface area contributed by atoms with E-state index >= 15 is 0 Å². The Bertz CT molecular complexity index is 1070. The Hall–Kier alpha value is -1.66. The second-order valence-corrected chi connectivity index (χ2v) is 7.95. The molecule has 3 heterocycles. The minimum atomic E-state index is 0.231. The van der Waals surface area contributed by atoms with Crippen molar-refractivity contribution in [2.75, 3.05) is 18.4 Å². The molecule has 0 amide bonds. The lowest BCUT2D eigenvalue weighted by atomic mass is 9.94. The molecule has 2 aromatic rings. The highest BCUT2D eigenvalue weighted by Crippen LogP contribution is 2.44. The van der Waals surface area contributed by atoms with Gasteiger partial charge in [0, 0.05) is 44.6 Å². The van der Waals surface area contributed by atoms with E-state index in [9.17, 15) is 5.11 Å². The fraction of sp³-hybridized carbons (Fsp3) is 0.222. The van der Waals surface area contributed by atoms with Crippen molar-refractivity contribution in [2.24, 2.45) is 9.98 Å². The van der Waals surface area contributed by atoms with Crippen LogP contribution in [0.5, 0.6) is 5.75 Å². The predicted molar refractivity (Wildman–Crippen MR) is 103 cm³/mol. The normalized spacial score (nSPS) is 16.7. The summed E-state index contributed by atoms with van der Waals surface area (Å²) in [5.41, 5.74) is 5.91. The number of hydrogen-bond acceptors (Lipinski definition) is 4. The van der Waals surface area contributed by atoms with Gasteiger partial charge in [0.2, 0.25) is 0 Å². The SMILES string of the molecule is Oc1c2c(c3c4c1N=CC=4CCN=3)-c1c(Br)cc(Br)cc1CCN2. The first kappa shape index (κ1) is 14.7. The molecule has 2 aromatic carbocycles. The summed E-state index contributed by atoms with van der Waals surface area (Å²) in [6, 6.07) is 4.20. The van der Waals surface area contributed by atoms with Crippen LogP contribution in [0.15, 0.2) is 31.1 Å². The molecule has 24 heavy (non-hydrogen) atoms. The van der Waals surface area contributed by atoms with Crippen LogP contribution >= 0.6 is 31.9 Å². The lowest BCUT2D eigenvalue weighted by Crippen LogP contribution is -2.33. The van der Waals surface area contributed by atoms with Gasteiger partial charge < -0.3 is 10.4 Å². The van der Waals surface area contributed by atoms with Crippen LogP contribution in [-0.4, -0.2) is 24.4 Å². The Morgan fingerprint density at radius 3 is 2.88 bits per heavy atom. The monoisotopic (exact) mass is 445 g/mol. The maximum atomic E-state index is 10.9. The summed E-state index contributed by atoms with van der Waals surface area (Å²) in [6.07, 6.45) is 3.63. The molecule has 0 radical (unpaired) electrons.